The van der Waals surface area contributed by atoms with E-state index in [1.807, 2.05) is 6.92 Å². The minimum Gasteiger partial charge on any atom is -0.480 e. The fraction of sp³-hybridized carbons (Fsp3) is 0.500. The van der Waals surface area contributed by atoms with Crippen LogP contribution in [0.15, 0.2) is 16.3 Å². The van der Waals surface area contributed by atoms with Gasteiger partial charge in [0.1, 0.15) is 9.75 Å². The Morgan fingerprint density at radius 2 is 2.06 bits per heavy atom. The fourth-order valence-electron chi connectivity index (χ4n) is 1.12. The summed E-state index contributed by atoms with van der Waals surface area (Å²) in [6, 6.07) is 3.22. The zero-order valence-electron chi connectivity index (χ0n) is 9.85. The maximum Gasteiger partial charge on any atom is 0.324 e. The van der Waals surface area contributed by atoms with Crippen LogP contribution in [0.5, 0.6) is 0 Å². The Morgan fingerprint density at radius 3 is 2.47 bits per heavy atom. The molecule has 1 rings (SSSR count). The molecule has 2 N–H and O–H groups in total. The summed E-state index contributed by atoms with van der Waals surface area (Å²) >= 11 is 1.15. The quantitative estimate of drug-likeness (QED) is 0.853. The molecule has 96 valence electrons. The lowest BCUT2D eigenvalue weighted by Crippen LogP contribution is -2.49. The third-order valence-electron chi connectivity index (χ3n) is 2.17. The molecule has 0 atom stereocenters. The number of thiophene rings is 1. The average Bonchev–Trinajstić information content (AvgIpc) is 2.64. The Hall–Kier alpha value is -0.920. The highest BCUT2D eigenvalue weighted by molar-refractivity contribution is 7.91. The van der Waals surface area contributed by atoms with Crippen molar-refractivity contribution in [2.45, 2.75) is 36.9 Å². The summed E-state index contributed by atoms with van der Waals surface area (Å²) in [4.78, 5) is 11.8. The molecule has 1 aromatic heterocycles. The lowest BCUT2D eigenvalue weighted by Gasteiger charge is -2.20. The number of carboxylic acid groups (broad SMARTS) is 1. The number of aryl methyl sites for hydroxylation is 1. The molecule has 7 heteroatoms. The minimum atomic E-state index is -3.76. The molecule has 0 amide bonds. The number of carbonyl (C=O) groups is 1. The topological polar surface area (TPSA) is 83.5 Å². The van der Waals surface area contributed by atoms with Crippen LogP contribution in [0.2, 0.25) is 0 Å². The molecule has 5 nitrogen and oxygen atoms in total. The molecule has 1 aromatic rings. The van der Waals surface area contributed by atoms with Crippen molar-refractivity contribution < 1.29 is 18.3 Å². The van der Waals surface area contributed by atoms with Crippen molar-refractivity contribution in [1.29, 1.82) is 0 Å². The van der Waals surface area contributed by atoms with Crippen LogP contribution in [-0.2, 0) is 21.2 Å². The third kappa shape index (κ3) is 3.27. The Kier molecular flexibility index (Phi) is 3.95. The maximum absolute atomic E-state index is 11.9. The van der Waals surface area contributed by atoms with Crippen molar-refractivity contribution in [2.24, 2.45) is 0 Å². The van der Waals surface area contributed by atoms with Crippen LogP contribution >= 0.6 is 11.3 Å². The van der Waals surface area contributed by atoms with Gasteiger partial charge in [-0.1, -0.05) is 6.92 Å². The van der Waals surface area contributed by atoms with Crippen LogP contribution < -0.4 is 4.72 Å². The van der Waals surface area contributed by atoms with E-state index >= 15 is 0 Å². The van der Waals surface area contributed by atoms with Gasteiger partial charge in [0.05, 0.1) is 0 Å². The van der Waals surface area contributed by atoms with Crippen LogP contribution in [0, 0.1) is 0 Å². The van der Waals surface area contributed by atoms with Crippen LogP contribution in [0.1, 0.15) is 25.6 Å². The Labute approximate surface area is 105 Å². The van der Waals surface area contributed by atoms with E-state index in [-0.39, 0.29) is 4.21 Å². The summed E-state index contributed by atoms with van der Waals surface area (Å²) in [5.41, 5.74) is -1.52. The molecule has 1 heterocycles. The van der Waals surface area contributed by atoms with Gasteiger partial charge in [0.2, 0.25) is 0 Å². The first-order valence-corrected chi connectivity index (χ1v) is 7.35. The molecular formula is C10H15NO4S2. The number of carboxylic acids is 1. The third-order valence-corrected chi connectivity index (χ3v) is 5.55. The highest BCUT2D eigenvalue weighted by atomic mass is 32.2. The standard InChI is InChI=1S/C10H15NO4S2/c1-4-7-5-6-8(16-7)17(14,15)11-10(2,3)9(12)13/h5-6,11H,4H2,1-3H3,(H,12,13). The van der Waals surface area contributed by atoms with Crippen molar-refractivity contribution in [2.75, 3.05) is 0 Å². The second kappa shape index (κ2) is 4.75. The van der Waals surface area contributed by atoms with E-state index in [9.17, 15) is 13.2 Å². The highest BCUT2D eigenvalue weighted by Gasteiger charge is 2.33. The summed E-state index contributed by atoms with van der Waals surface area (Å²) in [5, 5.41) is 8.88. The number of rotatable bonds is 5. The maximum atomic E-state index is 11.9. The Balaban J connectivity index is 3.01. The van der Waals surface area contributed by atoms with Crippen molar-refractivity contribution >= 4 is 27.3 Å². The predicted octanol–water partition coefficient (Wildman–Crippen LogP) is 1.45. The first-order valence-electron chi connectivity index (χ1n) is 5.05. The molecule has 17 heavy (non-hydrogen) atoms. The number of aliphatic carboxylic acids is 1. The minimum absolute atomic E-state index is 0.142. The van der Waals surface area contributed by atoms with Crippen molar-refractivity contribution in [3.8, 4) is 0 Å². The van der Waals surface area contributed by atoms with Gasteiger partial charge in [0, 0.05) is 4.88 Å². The number of hydrogen-bond donors (Lipinski definition) is 2. The first kappa shape index (κ1) is 14.1. The molecule has 0 bridgehead atoms. The molecule has 0 aromatic carbocycles. The van der Waals surface area contributed by atoms with Crippen molar-refractivity contribution in [1.82, 2.24) is 4.72 Å². The molecule has 0 aliphatic carbocycles. The molecule has 0 radical (unpaired) electrons. The van der Waals surface area contributed by atoms with Crippen molar-refractivity contribution in [3.05, 3.63) is 17.0 Å². The summed E-state index contributed by atoms with van der Waals surface area (Å²) in [7, 11) is -3.76. The molecule has 0 saturated carbocycles. The lowest BCUT2D eigenvalue weighted by molar-refractivity contribution is -0.142. The second-order valence-corrected chi connectivity index (χ2v) is 7.19. The van der Waals surface area contributed by atoms with Gasteiger partial charge in [-0.15, -0.1) is 11.3 Å². The van der Waals surface area contributed by atoms with Crippen LogP contribution in [0.25, 0.3) is 0 Å². The molecule has 0 aliphatic heterocycles. The zero-order valence-corrected chi connectivity index (χ0v) is 11.5. The molecule has 0 aliphatic rings. The molecule has 0 unspecified atom stereocenters. The van der Waals surface area contributed by atoms with Crippen molar-refractivity contribution in [3.63, 3.8) is 0 Å². The fourth-order valence-corrected chi connectivity index (χ4v) is 3.79. The highest BCUT2D eigenvalue weighted by Crippen LogP contribution is 2.23. The summed E-state index contributed by atoms with van der Waals surface area (Å²) in [5.74, 6) is -1.21. The zero-order chi connectivity index (χ0) is 13.3. The van der Waals surface area contributed by atoms with Gasteiger partial charge in [-0.05, 0) is 32.4 Å². The van der Waals surface area contributed by atoms with E-state index in [1.54, 1.807) is 6.07 Å². The largest absolute Gasteiger partial charge is 0.480 e. The van der Waals surface area contributed by atoms with E-state index in [0.29, 0.717) is 0 Å². The summed E-state index contributed by atoms with van der Waals surface area (Å²) in [6.45, 7) is 4.54. The van der Waals surface area contributed by atoms with Gasteiger partial charge in [0.25, 0.3) is 10.0 Å². The molecule has 0 fully saturated rings. The van der Waals surface area contributed by atoms with Gasteiger partial charge in [-0.2, -0.15) is 4.72 Å². The van der Waals surface area contributed by atoms with E-state index in [1.165, 1.54) is 19.9 Å². The van der Waals surface area contributed by atoms with Gasteiger partial charge >= 0.3 is 5.97 Å². The number of sulfonamides is 1. The lowest BCUT2D eigenvalue weighted by atomic mass is 10.1. The number of hydrogen-bond acceptors (Lipinski definition) is 4. The van der Waals surface area contributed by atoms with E-state index in [4.69, 9.17) is 5.11 Å². The summed E-state index contributed by atoms with van der Waals surface area (Å²) in [6.07, 6.45) is 0.752. The number of nitrogens with one attached hydrogen (secondary N) is 1. The molecule has 0 saturated heterocycles. The Bertz CT molecular complexity index is 516. The average molecular weight is 277 g/mol. The SMILES string of the molecule is CCc1ccc(S(=O)(=O)NC(C)(C)C(=O)O)s1. The van der Waals surface area contributed by atoms with Gasteiger partial charge in [-0.3, -0.25) is 4.79 Å². The molecule has 0 spiro atoms. The van der Waals surface area contributed by atoms with E-state index < -0.39 is 21.5 Å². The van der Waals surface area contributed by atoms with Gasteiger partial charge < -0.3 is 5.11 Å². The van der Waals surface area contributed by atoms with E-state index in [0.717, 1.165) is 22.6 Å². The smallest absolute Gasteiger partial charge is 0.324 e. The first-order chi connectivity index (χ1) is 7.69. The van der Waals surface area contributed by atoms with Crippen LogP contribution in [-0.4, -0.2) is 25.0 Å². The van der Waals surface area contributed by atoms with Gasteiger partial charge in [0.15, 0.2) is 0 Å². The van der Waals surface area contributed by atoms with Gasteiger partial charge in [-0.25, -0.2) is 8.42 Å². The normalized spacial score (nSPS) is 12.6. The second-order valence-electron chi connectivity index (χ2n) is 4.11. The Morgan fingerprint density at radius 1 is 1.47 bits per heavy atom. The van der Waals surface area contributed by atoms with Crippen LogP contribution in [0.4, 0.5) is 0 Å². The van der Waals surface area contributed by atoms with Crippen LogP contribution in [0.3, 0.4) is 0 Å². The molecular weight excluding hydrogens is 262 g/mol. The monoisotopic (exact) mass is 277 g/mol. The summed E-state index contributed by atoms with van der Waals surface area (Å²) < 4.78 is 26.1. The van der Waals surface area contributed by atoms with E-state index in [2.05, 4.69) is 4.72 Å². The predicted molar refractivity (Wildman–Crippen MR) is 65.7 cm³/mol.